The molecule has 2 heterocycles. The highest BCUT2D eigenvalue weighted by Gasteiger charge is 2.07. The van der Waals surface area contributed by atoms with E-state index in [2.05, 4.69) is 25.2 Å². The summed E-state index contributed by atoms with van der Waals surface area (Å²) in [7, 11) is 0. The quantitative estimate of drug-likeness (QED) is 0.553. The molecule has 0 aliphatic carbocycles. The van der Waals surface area contributed by atoms with Crippen molar-refractivity contribution in [3.8, 4) is 0 Å². The lowest BCUT2D eigenvalue weighted by atomic mass is 10.2. The first-order chi connectivity index (χ1) is 9.38. The Balaban J connectivity index is 2.01. The Kier molecular flexibility index (Phi) is 2.89. The molecule has 0 saturated carbocycles. The number of anilines is 1. The second kappa shape index (κ2) is 4.85. The smallest absolute Gasteiger partial charge is 0.113 e. The summed E-state index contributed by atoms with van der Waals surface area (Å²) in [5, 5.41) is 3.19. The van der Waals surface area contributed by atoms with Crippen molar-refractivity contribution in [2.75, 3.05) is 5.43 Å². The molecule has 19 heavy (non-hydrogen) atoms. The van der Waals surface area contributed by atoms with Crippen LogP contribution in [0.1, 0.15) is 5.56 Å². The zero-order valence-corrected chi connectivity index (χ0v) is 10.1. The van der Waals surface area contributed by atoms with Gasteiger partial charge in [-0.25, -0.2) is 4.98 Å². The first-order valence-corrected chi connectivity index (χ1v) is 5.84. The van der Waals surface area contributed by atoms with Crippen LogP contribution in [0, 0.1) is 5.53 Å². The minimum absolute atomic E-state index is 0.737. The molecule has 0 atom stereocenters. The van der Waals surface area contributed by atoms with Gasteiger partial charge in [0.25, 0.3) is 0 Å². The topological polar surface area (TPSA) is 79.0 Å². The molecule has 2 N–H and O–H groups in total. The molecule has 0 amide bonds. The van der Waals surface area contributed by atoms with Crippen molar-refractivity contribution < 1.29 is 0 Å². The maximum Gasteiger partial charge on any atom is 0.113 e. The maximum atomic E-state index is 6.87. The molecular weight excluding hydrogens is 240 g/mol. The van der Waals surface area contributed by atoms with Gasteiger partial charge in [-0.2, -0.15) is 5.53 Å². The normalized spacial score (nSPS) is 10.5. The number of rotatable bonds is 4. The molecule has 0 unspecified atom stereocenters. The second-order valence-electron chi connectivity index (χ2n) is 4.12. The molecule has 94 valence electrons. The maximum absolute atomic E-state index is 6.87. The number of para-hydroxylation sites is 1. The number of hydrogen-bond acceptors (Lipinski definition) is 4. The van der Waals surface area contributed by atoms with Gasteiger partial charge in [-0.1, -0.05) is 11.3 Å². The lowest BCUT2D eigenvalue weighted by molar-refractivity contribution is 0.822. The average Bonchev–Trinajstić information content (AvgIpc) is 2.85. The van der Waals surface area contributed by atoms with E-state index in [-0.39, 0.29) is 0 Å². The average molecular weight is 252 g/mol. The molecule has 6 heteroatoms. The van der Waals surface area contributed by atoms with Crippen molar-refractivity contribution in [1.82, 2.24) is 14.5 Å². The molecule has 0 aliphatic heterocycles. The number of imidazole rings is 1. The van der Waals surface area contributed by atoms with Crippen LogP contribution in [0.2, 0.25) is 0 Å². The zero-order chi connectivity index (χ0) is 13.1. The molecule has 6 nitrogen and oxygen atoms in total. The molecule has 0 saturated heterocycles. The van der Waals surface area contributed by atoms with Crippen molar-refractivity contribution in [1.29, 1.82) is 5.53 Å². The van der Waals surface area contributed by atoms with Gasteiger partial charge in [0.2, 0.25) is 0 Å². The van der Waals surface area contributed by atoms with Crippen LogP contribution < -0.4 is 5.43 Å². The summed E-state index contributed by atoms with van der Waals surface area (Å²) in [6.45, 7) is 0.737. The van der Waals surface area contributed by atoms with E-state index in [9.17, 15) is 0 Å². The summed E-state index contributed by atoms with van der Waals surface area (Å²) >= 11 is 0. The molecule has 0 radical (unpaired) electrons. The number of hydrogen-bond donors (Lipinski definition) is 2. The van der Waals surface area contributed by atoms with Crippen LogP contribution >= 0.6 is 0 Å². The highest BCUT2D eigenvalue weighted by atomic mass is 15.4. The minimum Gasteiger partial charge on any atom is -0.326 e. The first kappa shape index (κ1) is 11.3. The van der Waals surface area contributed by atoms with Crippen LogP contribution in [-0.2, 0) is 6.54 Å². The summed E-state index contributed by atoms with van der Waals surface area (Å²) in [4.78, 5) is 8.38. The lowest BCUT2D eigenvalue weighted by Gasteiger charge is -2.05. The van der Waals surface area contributed by atoms with Crippen LogP contribution in [0.25, 0.3) is 11.0 Å². The zero-order valence-electron chi connectivity index (χ0n) is 10.1. The fraction of sp³-hybridized carbons (Fsp3) is 0.0769. The summed E-state index contributed by atoms with van der Waals surface area (Å²) in [5.74, 6) is 0. The third-order valence-electron chi connectivity index (χ3n) is 2.93. The number of aromatic nitrogens is 3. The van der Waals surface area contributed by atoms with Gasteiger partial charge < -0.3 is 4.57 Å². The molecule has 1 aromatic carbocycles. The number of pyridine rings is 1. The highest BCUT2D eigenvalue weighted by Crippen LogP contribution is 2.22. The van der Waals surface area contributed by atoms with E-state index in [0.29, 0.717) is 0 Å². The van der Waals surface area contributed by atoms with Crippen molar-refractivity contribution in [3.63, 3.8) is 0 Å². The van der Waals surface area contributed by atoms with Crippen LogP contribution in [0.5, 0.6) is 0 Å². The number of nitrogens with one attached hydrogen (secondary N) is 2. The Morgan fingerprint density at radius 1 is 1.21 bits per heavy atom. The van der Waals surface area contributed by atoms with Crippen LogP contribution in [0.3, 0.4) is 0 Å². The third kappa shape index (κ3) is 2.15. The number of nitrogens with zero attached hydrogens (tertiary/aromatic N) is 4. The van der Waals surface area contributed by atoms with Crippen molar-refractivity contribution in [3.05, 3.63) is 54.6 Å². The highest BCUT2D eigenvalue weighted by molar-refractivity contribution is 5.88. The molecule has 3 aromatic rings. The summed E-state index contributed by atoms with van der Waals surface area (Å²) < 4.78 is 2.06. The molecule has 0 bridgehead atoms. The Bertz CT molecular complexity index is 703. The van der Waals surface area contributed by atoms with E-state index in [1.165, 1.54) is 0 Å². The van der Waals surface area contributed by atoms with Gasteiger partial charge in [-0.05, 0) is 29.8 Å². The number of fused-ring (bicyclic) bond motifs is 1. The van der Waals surface area contributed by atoms with E-state index in [0.717, 1.165) is 28.8 Å². The predicted molar refractivity (Wildman–Crippen MR) is 71.8 cm³/mol. The molecule has 0 spiro atoms. The van der Waals surface area contributed by atoms with E-state index < -0.39 is 0 Å². The standard InChI is InChI=1S/C13H12N6/c14-18-17-11-2-1-3-12-13(11)16-9-19(12)8-10-4-6-15-7-5-10/h1-7,9H,8H2,(H2,14,17). The lowest BCUT2D eigenvalue weighted by Crippen LogP contribution is -1.98. The Hall–Kier alpha value is -2.76. The van der Waals surface area contributed by atoms with E-state index in [4.69, 9.17) is 5.53 Å². The van der Waals surface area contributed by atoms with Gasteiger partial charge in [0.05, 0.1) is 17.5 Å². The van der Waals surface area contributed by atoms with Gasteiger partial charge in [0.1, 0.15) is 5.52 Å². The van der Waals surface area contributed by atoms with Gasteiger partial charge in [0, 0.05) is 18.9 Å². The summed E-state index contributed by atoms with van der Waals surface area (Å²) in [6, 6.07) is 9.73. The fourth-order valence-electron chi connectivity index (χ4n) is 2.05. The third-order valence-corrected chi connectivity index (χ3v) is 2.93. The largest absolute Gasteiger partial charge is 0.326 e. The Labute approximate surface area is 109 Å². The van der Waals surface area contributed by atoms with Gasteiger partial charge in [0.15, 0.2) is 0 Å². The van der Waals surface area contributed by atoms with Crippen LogP contribution in [-0.4, -0.2) is 14.5 Å². The van der Waals surface area contributed by atoms with Crippen LogP contribution in [0.15, 0.2) is 54.3 Å². The van der Waals surface area contributed by atoms with Crippen LogP contribution in [0.4, 0.5) is 5.69 Å². The molecule has 2 aromatic heterocycles. The van der Waals surface area contributed by atoms with E-state index in [1.807, 2.05) is 30.3 Å². The van der Waals surface area contributed by atoms with E-state index >= 15 is 0 Å². The van der Waals surface area contributed by atoms with E-state index in [1.54, 1.807) is 18.7 Å². The summed E-state index contributed by atoms with van der Waals surface area (Å²) in [5.41, 5.74) is 13.2. The fourth-order valence-corrected chi connectivity index (χ4v) is 2.05. The van der Waals surface area contributed by atoms with Crippen molar-refractivity contribution in [2.45, 2.75) is 6.54 Å². The Morgan fingerprint density at radius 3 is 2.84 bits per heavy atom. The molecule has 0 aliphatic rings. The predicted octanol–water partition coefficient (Wildman–Crippen LogP) is 2.84. The number of benzene rings is 1. The molecular formula is C13H12N6. The molecule has 0 fully saturated rings. The summed E-state index contributed by atoms with van der Waals surface area (Å²) in [6.07, 6.45) is 5.35. The monoisotopic (exact) mass is 252 g/mol. The Morgan fingerprint density at radius 2 is 2.05 bits per heavy atom. The second-order valence-corrected chi connectivity index (χ2v) is 4.12. The van der Waals surface area contributed by atoms with Gasteiger partial charge >= 0.3 is 0 Å². The van der Waals surface area contributed by atoms with Crippen molar-refractivity contribution >= 4 is 16.7 Å². The minimum atomic E-state index is 0.737. The van der Waals surface area contributed by atoms with Gasteiger partial charge in [-0.15, -0.1) is 0 Å². The molecule has 3 rings (SSSR count). The first-order valence-electron chi connectivity index (χ1n) is 5.84. The van der Waals surface area contributed by atoms with Crippen molar-refractivity contribution in [2.24, 2.45) is 5.22 Å². The SMILES string of the molecule is N=NNc1cccc2c1ncn2Cc1ccncc1. The van der Waals surface area contributed by atoms with Gasteiger partial charge in [-0.3, -0.25) is 10.4 Å².